The van der Waals surface area contributed by atoms with Crippen molar-refractivity contribution in [1.82, 2.24) is 15.5 Å². The molecule has 0 saturated carbocycles. The summed E-state index contributed by atoms with van der Waals surface area (Å²) in [7, 11) is 1.91. The maximum Gasteiger partial charge on any atom is 0.335 e. The normalized spacial score (nSPS) is 16.1. The number of aromatic amines is 1. The molecule has 1 aromatic heterocycles. The topological polar surface area (TPSA) is 98.3 Å². The Labute approximate surface area is 149 Å². The van der Waals surface area contributed by atoms with Gasteiger partial charge in [0.15, 0.2) is 0 Å². The Balaban J connectivity index is 1.73. The van der Waals surface area contributed by atoms with Crippen molar-refractivity contribution in [3.05, 3.63) is 71.4 Å². The summed E-state index contributed by atoms with van der Waals surface area (Å²) in [5, 5.41) is 19.2. The van der Waals surface area contributed by atoms with Gasteiger partial charge in [-0.15, -0.1) is 0 Å². The summed E-state index contributed by atoms with van der Waals surface area (Å²) >= 11 is 0. The number of H-pyrrole nitrogens is 1. The fourth-order valence-corrected chi connectivity index (χ4v) is 3.21. The molecular weight excluding hydrogens is 332 g/mol. The molecule has 1 atom stereocenters. The smallest absolute Gasteiger partial charge is 0.335 e. The number of nitrogens with zero attached hydrogens (tertiary/aromatic N) is 2. The number of rotatable bonds is 3. The van der Waals surface area contributed by atoms with E-state index in [1.165, 1.54) is 12.1 Å². The lowest BCUT2D eigenvalue weighted by molar-refractivity contribution is 0.0696. The van der Waals surface area contributed by atoms with E-state index in [0.717, 1.165) is 16.8 Å². The highest BCUT2D eigenvalue weighted by atomic mass is 16.4. The molecule has 4 rings (SSSR count). The third kappa shape index (κ3) is 2.50. The van der Waals surface area contributed by atoms with Crippen LogP contribution >= 0.6 is 0 Å². The lowest BCUT2D eigenvalue weighted by atomic mass is 10.0. The average Bonchev–Trinajstić information content (AvgIpc) is 3.14. The number of hydrogen-bond acceptors (Lipinski definition) is 4. The first-order valence-corrected chi connectivity index (χ1v) is 8.06. The molecule has 3 N–H and O–H groups in total. The largest absolute Gasteiger partial charge is 0.478 e. The van der Waals surface area contributed by atoms with Gasteiger partial charge in [0.05, 0.1) is 22.5 Å². The van der Waals surface area contributed by atoms with E-state index in [-0.39, 0.29) is 17.6 Å². The van der Waals surface area contributed by atoms with E-state index in [1.54, 1.807) is 24.4 Å². The summed E-state index contributed by atoms with van der Waals surface area (Å²) in [6.07, 6.45) is 1.36. The van der Waals surface area contributed by atoms with Crippen molar-refractivity contribution in [3.8, 4) is 11.3 Å². The van der Waals surface area contributed by atoms with E-state index < -0.39 is 5.97 Å². The molecule has 2 aromatic carbocycles. The zero-order chi connectivity index (χ0) is 18.3. The highest BCUT2D eigenvalue weighted by Gasteiger charge is 2.31. The maximum atomic E-state index is 12.5. The molecule has 2 heterocycles. The SMILES string of the molecule is CN1c2ccccc2C(=O)NC1c1c[nH]nc1-c1ccc(C(=O)O)cc1. The molecule has 1 aliphatic heterocycles. The van der Waals surface area contributed by atoms with Crippen molar-refractivity contribution in [1.29, 1.82) is 0 Å². The van der Waals surface area contributed by atoms with Crippen LogP contribution in [-0.2, 0) is 0 Å². The number of carbonyl (C=O) groups is 2. The number of para-hydroxylation sites is 1. The van der Waals surface area contributed by atoms with Crippen LogP contribution in [0, 0.1) is 0 Å². The Morgan fingerprint density at radius 3 is 2.62 bits per heavy atom. The Morgan fingerprint density at radius 1 is 1.15 bits per heavy atom. The minimum Gasteiger partial charge on any atom is -0.478 e. The molecule has 7 nitrogen and oxygen atoms in total. The number of aromatic nitrogens is 2. The number of carbonyl (C=O) groups excluding carboxylic acids is 1. The molecule has 3 aromatic rings. The summed E-state index contributed by atoms with van der Waals surface area (Å²) < 4.78 is 0. The van der Waals surface area contributed by atoms with Gasteiger partial charge in [0.2, 0.25) is 0 Å². The van der Waals surface area contributed by atoms with Crippen LogP contribution in [0.4, 0.5) is 5.69 Å². The van der Waals surface area contributed by atoms with Crippen molar-refractivity contribution in [2.75, 3.05) is 11.9 Å². The van der Waals surface area contributed by atoms with Crippen LogP contribution in [0.3, 0.4) is 0 Å². The van der Waals surface area contributed by atoms with Gasteiger partial charge < -0.3 is 15.3 Å². The molecule has 0 bridgehead atoms. The van der Waals surface area contributed by atoms with Crippen LogP contribution in [0.2, 0.25) is 0 Å². The van der Waals surface area contributed by atoms with E-state index in [0.29, 0.717) is 11.3 Å². The van der Waals surface area contributed by atoms with Crippen molar-refractivity contribution < 1.29 is 14.7 Å². The van der Waals surface area contributed by atoms with Gasteiger partial charge in [-0.1, -0.05) is 24.3 Å². The number of carboxylic acid groups (broad SMARTS) is 1. The number of amides is 1. The monoisotopic (exact) mass is 348 g/mol. The van der Waals surface area contributed by atoms with Crippen molar-refractivity contribution in [2.24, 2.45) is 0 Å². The molecule has 0 radical (unpaired) electrons. The predicted octanol–water partition coefficient (Wildman–Crippen LogP) is 2.65. The van der Waals surface area contributed by atoms with E-state index in [9.17, 15) is 9.59 Å². The molecule has 1 aliphatic rings. The first-order valence-electron chi connectivity index (χ1n) is 8.06. The molecule has 26 heavy (non-hydrogen) atoms. The molecule has 1 amide bonds. The van der Waals surface area contributed by atoms with Crippen LogP contribution in [0.5, 0.6) is 0 Å². The molecule has 0 fully saturated rings. The minimum atomic E-state index is -0.977. The van der Waals surface area contributed by atoms with Crippen molar-refractivity contribution >= 4 is 17.6 Å². The molecule has 0 aliphatic carbocycles. The second kappa shape index (κ2) is 6.03. The highest BCUT2D eigenvalue weighted by Crippen LogP contribution is 2.35. The van der Waals surface area contributed by atoms with E-state index in [1.807, 2.05) is 30.1 Å². The zero-order valence-corrected chi connectivity index (χ0v) is 13.9. The zero-order valence-electron chi connectivity index (χ0n) is 13.9. The van der Waals surface area contributed by atoms with Crippen molar-refractivity contribution in [2.45, 2.75) is 6.17 Å². The average molecular weight is 348 g/mol. The number of benzene rings is 2. The van der Waals surface area contributed by atoms with E-state index >= 15 is 0 Å². The van der Waals surface area contributed by atoms with Gasteiger partial charge in [-0.2, -0.15) is 5.10 Å². The quantitative estimate of drug-likeness (QED) is 0.676. The maximum absolute atomic E-state index is 12.5. The summed E-state index contributed by atoms with van der Waals surface area (Å²) in [6.45, 7) is 0. The highest BCUT2D eigenvalue weighted by molar-refractivity contribution is 6.02. The Hall–Kier alpha value is -3.61. The molecule has 0 saturated heterocycles. The first kappa shape index (κ1) is 15.9. The lowest BCUT2D eigenvalue weighted by Crippen LogP contribution is -2.44. The summed E-state index contributed by atoms with van der Waals surface area (Å²) in [6, 6.07) is 13.9. The van der Waals surface area contributed by atoms with Gasteiger partial charge in [-0.3, -0.25) is 9.89 Å². The van der Waals surface area contributed by atoms with Gasteiger partial charge in [0.25, 0.3) is 5.91 Å². The van der Waals surface area contributed by atoms with Gasteiger partial charge >= 0.3 is 5.97 Å². The van der Waals surface area contributed by atoms with Crippen molar-refractivity contribution in [3.63, 3.8) is 0 Å². The number of fused-ring (bicyclic) bond motifs is 1. The fraction of sp³-hybridized carbons (Fsp3) is 0.105. The third-order valence-corrected chi connectivity index (χ3v) is 4.55. The molecule has 130 valence electrons. The summed E-state index contributed by atoms with van der Waals surface area (Å²) in [5.41, 5.74) is 3.92. The molecular formula is C19H16N4O3. The minimum absolute atomic E-state index is 0.142. The summed E-state index contributed by atoms with van der Waals surface area (Å²) in [5.74, 6) is -1.12. The number of hydrogen-bond donors (Lipinski definition) is 3. The van der Waals surface area contributed by atoms with Crippen LogP contribution in [0.25, 0.3) is 11.3 Å². The Morgan fingerprint density at radius 2 is 1.88 bits per heavy atom. The predicted molar refractivity (Wildman–Crippen MR) is 96.0 cm³/mol. The molecule has 1 unspecified atom stereocenters. The number of nitrogens with one attached hydrogen (secondary N) is 2. The lowest BCUT2D eigenvalue weighted by Gasteiger charge is -2.36. The first-order chi connectivity index (χ1) is 12.6. The Kier molecular flexibility index (Phi) is 3.69. The van der Waals surface area contributed by atoms with Gasteiger partial charge in [-0.25, -0.2) is 4.79 Å². The second-order valence-electron chi connectivity index (χ2n) is 6.08. The van der Waals surface area contributed by atoms with Gasteiger partial charge in [-0.05, 0) is 24.3 Å². The second-order valence-corrected chi connectivity index (χ2v) is 6.08. The third-order valence-electron chi connectivity index (χ3n) is 4.55. The van der Waals surface area contributed by atoms with Gasteiger partial charge in [0, 0.05) is 24.4 Å². The van der Waals surface area contributed by atoms with E-state index in [2.05, 4.69) is 15.5 Å². The van der Waals surface area contributed by atoms with Crippen LogP contribution in [0.15, 0.2) is 54.7 Å². The van der Waals surface area contributed by atoms with Crippen LogP contribution < -0.4 is 10.2 Å². The standard InChI is InChI=1S/C19H16N4O3/c1-23-15-5-3-2-4-13(15)18(24)21-17(23)14-10-20-22-16(14)11-6-8-12(9-7-11)19(25)26/h2-10,17H,1H3,(H,20,22)(H,21,24)(H,25,26). The van der Waals surface area contributed by atoms with Gasteiger partial charge in [0.1, 0.15) is 6.17 Å². The Bertz CT molecular complexity index is 994. The van der Waals surface area contributed by atoms with E-state index in [4.69, 9.17) is 5.11 Å². The molecule has 0 spiro atoms. The number of aromatic carboxylic acids is 1. The van der Waals surface area contributed by atoms with Crippen LogP contribution in [0.1, 0.15) is 32.4 Å². The number of anilines is 1. The number of carboxylic acids is 1. The van der Waals surface area contributed by atoms with Crippen LogP contribution in [-0.4, -0.2) is 34.2 Å². The fourth-order valence-electron chi connectivity index (χ4n) is 3.21. The molecule has 7 heteroatoms. The summed E-state index contributed by atoms with van der Waals surface area (Å²) in [4.78, 5) is 25.5.